The SMILES string of the molecule is CC/C=C\CCCC(=O)Oc1ccc(/C=C/C=O)cc1OC. The molecule has 0 N–H and O–H groups in total. The van der Waals surface area contributed by atoms with Crippen molar-refractivity contribution in [3.63, 3.8) is 0 Å². The minimum atomic E-state index is -0.278. The zero-order chi connectivity index (χ0) is 16.2. The molecule has 22 heavy (non-hydrogen) atoms. The van der Waals surface area contributed by atoms with Crippen molar-refractivity contribution in [2.45, 2.75) is 32.6 Å². The summed E-state index contributed by atoms with van der Waals surface area (Å²) in [4.78, 5) is 22.1. The van der Waals surface area contributed by atoms with Gasteiger partial charge in [-0.15, -0.1) is 0 Å². The second-order valence-corrected chi connectivity index (χ2v) is 4.65. The zero-order valence-corrected chi connectivity index (χ0v) is 13.1. The fourth-order valence-electron chi connectivity index (χ4n) is 1.85. The number of allylic oxidation sites excluding steroid dienone is 3. The van der Waals surface area contributed by atoms with E-state index < -0.39 is 0 Å². The standard InChI is InChI=1S/C18H22O4/c1-3-4-5-6-7-10-18(20)22-16-12-11-15(9-8-13-19)14-17(16)21-2/h4-5,8-9,11-14H,3,6-7,10H2,1-2H3/b5-4-,9-8+. The summed E-state index contributed by atoms with van der Waals surface area (Å²) >= 11 is 0. The normalized spacial score (nSPS) is 11.0. The molecule has 118 valence electrons. The van der Waals surface area contributed by atoms with E-state index in [0.717, 1.165) is 24.8 Å². The summed E-state index contributed by atoms with van der Waals surface area (Å²) in [5.41, 5.74) is 0.799. The van der Waals surface area contributed by atoms with E-state index in [2.05, 4.69) is 19.1 Å². The molecule has 0 saturated carbocycles. The topological polar surface area (TPSA) is 52.6 Å². The van der Waals surface area contributed by atoms with Crippen molar-refractivity contribution >= 4 is 18.3 Å². The molecule has 4 heteroatoms. The summed E-state index contributed by atoms with van der Waals surface area (Å²) in [5, 5.41) is 0. The van der Waals surface area contributed by atoms with Crippen molar-refractivity contribution in [1.29, 1.82) is 0 Å². The molecule has 0 atom stereocenters. The number of unbranched alkanes of at least 4 members (excludes halogenated alkanes) is 1. The van der Waals surface area contributed by atoms with E-state index in [0.29, 0.717) is 24.2 Å². The Morgan fingerprint density at radius 2 is 2.05 bits per heavy atom. The van der Waals surface area contributed by atoms with Crippen LogP contribution >= 0.6 is 0 Å². The largest absolute Gasteiger partial charge is 0.493 e. The van der Waals surface area contributed by atoms with E-state index in [1.165, 1.54) is 13.2 Å². The maximum absolute atomic E-state index is 11.8. The number of rotatable bonds is 9. The minimum absolute atomic E-state index is 0.278. The van der Waals surface area contributed by atoms with E-state index in [4.69, 9.17) is 9.47 Å². The van der Waals surface area contributed by atoms with Crippen LogP contribution in [0.4, 0.5) is 0 Å². The predicted octanol–water partition coefficient (Wildman–Crippen LogP) is 3.95. The van der Waals surface area contributed by atoms with Crippen LogP contribution in [0.1, 0.15) is 38.2 Å². The van der Waals surface area contributed by atoms with Gasteiger partial charge in [0.2, 0.25) is 0 Å². The highest BCUT2D eigenvalue weighted by atomic mass is 16.6. The van der Waals surface area contributed by atoms with Gasteiger partial charge in [0, 0.05) is 6.42 Å². The van der Waals surface area contributed by atoms with Gasteiger partial charge in [0.25, 0.3) is 0 Å². The van der Waals surface area contributed by atoms with Gasteiger partial charge < -0.3 is 9.47 Å². The fraction of sp³-hybridized carbons (Fsp3) is 0.333. The third-order valence-electron chi connectivity index (χ3n) is 2.93. The van der Waals surface area contributed by atoms with Crippen molar-refractivity contribution < 1.29 is 19.1 Å². The molecule has 0 aromatic heterocycles. The van der Waals surface area contributed by atoms with Crippen LogP contribution in [0.3, 0.4) is 0 Å². The van der Waals surface area contributed by atoms with E-state index in [9.17, 15) is 9.59 Å². The monoisotopic (exact) mass is 302 g/mol. The van der Waals surface area contributed by atoms with E-state index in [-0.39, 0.29) is 5.97 Å². The van der Waals surface area contributed by atoms with Gasteiger partial charge in [-0.1, -0.05) is 31.2 Å². The second-order valence-electron chi connectivity index (χ2n) is 4.65. The minimum Gasteiger partial charge on any atom is -0.493 e. The molecule has 0 aliphatic carbocycles. The van der Waals surface area contributed by atoms with Crippen molar-refractivity contribution in [3.05, 3.63) is 42.0 Å². The molecule has 0 aliphatic heterocycles. The Hall–Kier alpha value is -2.36. The average Bonchev–Trinajstić information content (AvgIpc) is 2.53. The van der Waals surface area contributed by atoms with Crippen LogP contribution in [0.15, 0.2) is 36.4 Å². The fourth-order valence-corrected chi connectivity index (χ4v) is 1.85. The summed E-state index contributed by atoms with van der Waals surface area (Å²) in [6.07, 6.45) is 10.9. The van der Waals surface area contributed by atoms with Crippen molar-refractivity contribution in [1.82, 2.24) is 0 Å². The number of benzene rings is 1. The molecule has 1 aromatic rings. The van der Waals surface area contributed by atoms with Crippen molar-refractivity contribution in [3.8, 4) is 11.5 Å². The van der Waals surface area contributed by atoms with Crippen LogP contribution in [0.2, 0.25) is 0 Å². The van der Waals surface area contributed by atoms with E-state index in [1.54, 1.807) is 24.3 Å². The summed E-state index contributed by atoms with van der Waals surface area (Å²) in [6.45, 7) is 2.07. The van der Waals surface area contributed by atoms with Gasteiger partial charge in [0.05, 0.1) is 7.11 Å². The van der Waals surface area contributed by atoms with Gasteiger partial charge in [0.15, 0.2) is 11.5 Å². The van der Waals surface area contributed by atoms with Gasteiger partial charge >= 0.3 is 5.97 Å². The maximum Gasteiger partial charge on any atom is 0.311 e. The molecule has 0 saturated heterocycles. The Bertz CT molecular complexity index is 544. The number of carbonyl (C=O) groups is 2. The molecule has 0 heterocycles. The van der Waals surface area contributed by atoms with Crippen molar-refractivity contribution in [2.24, 2.45) is 0 Å². The number of hydrogen-bond acceptors (Lipinski definition) is 4. The van der Waals surface area contributed by atoms with Crippen molar-refractivity contribution in [2.75, 3.05) is 7.11 Å². The lowest BCUT2D eigenvalue weighted by Crippen LogP contribution is -2.08. The molecule has 0 amide bonds. The summed E-state index contributed by atoms with van der Waals surface area (Å²) in [7, 11) is 1.51. The molecule has 0 spiro atoms. The number of esters is 1. The summed E-state index contributed by atoms with van der Waals surface area (Å²) < 4.78 is 10.5. The van der Waals surface area contributed by atoms with Gasteiger partial charge in [-0.2, -0.15) is 0 Å². The van der Waals surface area contributed by atoms with E-state index >= 15 is 0 Å². The first-order chi connectivity index (χ1) is 10.7. The molecule has 0 aliphatic rings. The molecule has 1 rings (SSSR count). The quantitative estimate of drug-likeness (QED) is 0.173. The Morgan fingerprint density at radius 1 is 1.23 bits per heavy atom. The smallest absolute Gasteiger partial charge is 0.311 e. The number of hydrogen-bond donors (Lipinski definition) is 0. The van der Waals surface area contributed by atoms with Gasteiger partial charge in [-0.25, -0.2) is 0 Å². The number of aldehydes is 1. The predicted molar refractivity (Wildman–Crippen MR) is 87.0 cm³/mol. The summed E-state index contributed by atoms with van der Waals surface area (Å²) in [5.74, 6) is 0.575. The Balaban J connectivity index is 2.60. The molecule has 1 aromatic carbocycles. The molecule has 0 radical (unpaired) electrons. The lowest BCUT2D eigenvalue weighted by molar-refractivity contribution is -0.134. The average molecular weight is 302 g/mol. The zero-order valence-electron chi connectivity index (χ0n) is 13.1. The lowest BCUT2D eigenvalue weighted by Gasteiger charge is -2.09. The van der Waals surface area contributed by atoms with Crippen LogP contribution in [-0.2, 0) is 9.59 Å². The van der Waals surface area contributed by atoms with Gasteiger partial charge in [-0.3, -0.25) is 9.59 Å². The highest BCUT2D eigenvalue weighted by Gasteiger charge is 2.10. The second kappa shape index (κ2) is 10.4. The first kappa shape index (κ1) is 17.7. The van der Waals surface area contributed by atoms with Crippen LogP contribution in [0, 0.1) is 0 Å². The lowest BCUT2D eigenvalue weighted by atomic mass is 10.2. The van der Waals surface area contributed by atoms with Gasteiger partial charge in [0.1, 0.15) is 6.29 Å². The Labute approximate surface area is 131 Å². The van der Waals surface area contributed by atoms with Gasteiger partial charge in [-0.05, 0) is 43.0 Å². The number of carbonyl (C=O) groups excluding carboxylic acids is 2. The van der Waals surface area contributed by atoms with Crippen LogP contribution in [0.25, 0.3) is 6.08 Å². The molecule has 0 bridgehead atoms. The number of methoxy groups -OCH3 is 1. The first-order valence-corrected chi connectivity index (χ1v) is 7.36. The molecule has 0 unspecified atom stereocenters. The highest BCUT2D eigenvalue weighted by molar-refractivity contribution is 5.76. The first-order valence-electron chi connectivity index (χ1n) is 7.36. The third-order valence-corrected chi connectivity index (χ3v) is 2.93. The molecular formula is C18H22O4. The van der Waals surface area contributed by atoms with Crippen LogP contribution in [-0.4, -0.2) is 19.4 Å². The molecule has 0 fully saturated rings. The van der Waals surface area contributed by atoms with Crippen LogP contribution in [0.5, 0.6) is 11.5 Å². The summed E-state index contributed by atoms with van der Waals surface area (Å²) in [6, 6.07) is 5.14. The molecular weight excluding hydrogens is 280 g/mol. The van der Waals surface area contributed by atoms with Crippen LogP contribution < -0.4 is 9.47 Å². The Morgan fingerprint density at radius 3 is 2.73 bits per heavy atom. The third kappa shape index (κ3) is 6.39. The van der Waals surface area contributed by atoms with E-state index in [1.807, 2.05) is 0 Å². The highest BCUT2D eigenvalue weighted by Crippen LogP contribution is 2.29. The maximum atomic E-state index is 11.8. The Kier molecular flexibility index (Phi) is 8.35. The number of ether oxygens (including phenoxy) is 2. The molecule has 4 nitrogen and oxygen atoms in total.